The fourth-order valence-corrected chi connectivity index (χ4v) is 6.87. The topological polar surface area (TPSA) is 107 Å². The number of esters is 2. The Kier molecular flexibility index (Phi) is 5.40. The highest BCUT2D eigenvalue weighted by Crippen LogP contribution is 2.51. The Morgan fingerprint density at radius 1 is 1.22 bits per heavy atom. The van der Waals surface area contributed by atoms with Crippen LogP contribution in [0.15, 0.2) is 41.3 Å². The Balaban J connectivity index is 1.33. The number of fused-ring (bicyclic) bond motifs is 5. The molecule has 1 aliphatic carbocycles. The number of epoxide rings is 1. The first-order valence-corrected chi connectivity index (χ1v) is 13.0. The Bertz CT molecular complexity index is 1290. The van der Waals surface area contributed by atoms with Crippen molar-refractivity contribution in [2.24, 2.45) is 11.8 Å². The summed E-state index contributed by atoms with van der Waals surface area (Å²) in [4.78, 5) is 40.5. The van der Waals surface area contributed by atoms with Crippen molar-refractivity contribution in [2.75, 3.05) is 19.4 Å². The van der Waals surface area contributed by atoms with Gasteiger partial charge in [-0.05, 0) is 33.2 Å². The molecule has 4 aliphatic rings. The Morgan fingerprint density at radius 2 is 2.00 bits per heavy atom. The quantitative estimate of drug-likeness (QED) is 0.379. The third-order valence-corrected chi connectivity index (χ3v) is 8.80. The molecule has 0 spiro atoms. The average molecular weight is 513 g/mol. The highest BCUT2D eigenvalue weighted by Gasteiger charge is 2.65. The highest BCUT2D eigenvalue weighted by atomic mass is 32.1. The molecular formula is C26H28N2O7S. The molecule has 1 N–H and O–H groups in total. The largest absolute Gasteiger partial charge is 0.462 e. The summed E-state index contributed by atoms with van der Waals surface area (Å²) in [6.45, 7) is 3.74. The molecule has 9 nitrogen and oxygen atoms in total. The van der Waals surface area contributed by atoms with Crippen LogP contribution in [0.2, 0.25) is 0 Å². The number of carbonyl (C=O) groups is 3. The van der Waals surface area contributed by atoms with Crippen molar-refractivity contribution < 1.29 is 33.3 Å². The maximum Gasteiger partial charge on any atom is 0.412 e. The maximum atomic E-state index is 13.2. The SMILES string of the molecule is CC1C(=O)O[C@H]2C[C@]3(C)O[C@H]3[C@H](OC(=O)Nc3csc4ccccc34)[C@@H](N(C)C)C3=C[C@@H](OC3=O)[C@H]12. The van der Waals surface area contributed by atoms with Gasteiger partial charge in [-0.2, -0.15) is 0 Å². The van der Waals surface area contributed by atoms with Crippen molar-refractivity contribution in [1.82, 2.24) is 4.90 Å². The van der Waals surface area contributed by atoms with Crippen LogP contribution in [0.5, 0.6) is 0 Å². The van der Waals surface area contributed by atoms with Crippen LogP contribution in [-0.2, 0) is 28.5 Å². The number of nitrogens with zero attached hydrogens (tertiary/aromatic N) is 1. The molecular weight excluding hydrogens is 484 g/mol. The lowest BCUT2D eigenvalue weighted by atomic mass is 9.79. The summed E-state index contributed by atoms with van der Waals surface area (Å²) in [6.07, 6.45) is -0.770. The number of benzene rings is 1. The number of nitrogens with one attached hydrogen (secondary N) is 1. The zero-order chi connectivity index (χ0) is 25.4. The van der Waals surface area contributed by atoms with Crippen molar-refractivity contribution in [3.8, 4) is 0 Å². The molecule has 0 saturated carbocycles. The van der Waals surface area contributed by atoms with Crippen molar-refractivity contribution in [3.63, 3.8) is 0 Å². The first-order chi connectivity index (χ1) is 17.2. The van der Waals surface area contributed by atoms with Gasteiger partial charge in [0.25, 0.3) is 0 Å². The molecule has 190 valence electrons. The first-order valence-electron chi connectivity index (χ1n) is 12.1. The van der Waals surface area contributed by atoms with Crippen LogP contribution in [0, 0.1) is 11.8 Å². The second kappa shape index (κ2) is 8.29. The third-order valence-electron chi connectivity index (χ3n) is 7.84. The van der Waals surface area contributed by atoms with E-state index < -0.39 is 54.0 Å². The van der Waals surface area contributed by atoms with Crippen LogP contribution >= 0.6 is 11.3 Å². The van der Waals surface area contributed by atoms with Crippen molar-refractivity contribution in [1.29, 1.82) is 0 Å². The van der Waals surface area contributed by atoms with Gasteiger partial charge in [0.2, 0.25) is 0 Å². The van der Waals surface area contributed by atoms with Crippen LogP contribution in [0.3, 0.4) is 0 Å². The molecule has 2 fully saturated rings. The van der Waals surface area contributed by atoms with E-state index in [1.54, 1.807) is 13.0 Å². The van der Waals surface area contributed by atoms with Crippen LogP contribution < -0.4 is 5.32 Å². The Morgan fingerprint density at radius 3 is 2.78 bits per heavy atom. The minimum absolute atomic E-state index is 0.295. The van der Waals surface area contributed by atoms with Crippen LogP contribution in [0.1, 0.15) is 20.3 Å². The van der Waals surface area contributed by atoms with Gasteiger partial charge in [0.1, 0.15) is 18.3 Å². The molecule has 1 amide bonds. The van der Waals surface area contributed by atoms with E-state index in [9.17, 15) is 14.4 Å². The van der Waals surface area contributed by atoms with Gasteiger partial charge in [0.15, 0.2) is 6.10 Å². The predicted molar refractivity (Wildman–Crippen MR) is 132 cm³/mol. The summed E-state index contributed by atoms with van der Waals surface area (Å²) in [5.41, 5.74) is 0.381. The summed E-state index contributed by atoms with van der Waals surface area (Å²) in [5.74, 6) is -1.48. The van der Waals surface area contributed by atoms with Gasteiger partial charge < -0.3 is 18.9 Å². The number of anilines is 1. The minimum Gasteiger partial charge on any atom is -0.462 e. The predicted octanol–water partition coefficient (Wildman–Crippen LogP) is 3.34. The number of hydrogen-bond acceptors (Lipinski definition) is 9. The number of likely N-dealkylation sites (N-methyl/N-ethyl adjacent to an activating group) is 1. The molecule has 0 radical (unpaired) electrons. The zero-order valence-corrected chi connectivity index (χ0v) is 21.2. The fraction of sp³-hybridized carbons (Fsp3) is 0.500. The molecule has 1 aromatic heterocycles. The molecule has 2 bridgehead atoms. The van der Waals surface area contributed by atoms with Crippen LogP contribution in [0.25, 0.3) is 10.1 Å². The van der Waals surface area contributed by atoms with Crippen molar-refractivity contribution in [2.45, 2.75) is 56.3 Å². The number of rotatable bonds is 3. The Labute approximate surface area is 212 Å². The molecule has 8 atom stereocenters. The summed E-state index contributed by atoms with van der Waals surface area (Å²) >= 11 is 1.53. The van der Waals surface area contributed by atoms with E-state index in [4.69, 9.17) is 18.9 Å². The van der Waals surface area contributed by atoms with E-state index in [1.807, 2.05) is 55.6 Å². The lowest BCUT2D eigenvalue weighted by molar-refractivity contribution is -0.144. The van der Waals surface area contributed by atoms with Gasteiger partial charge in [-0.25, -0.2) is 9.59 Å². The standard InChI is InChI=1S/C26H28N2O7S/c1-12-19-16-9-14(24(30)32-16)20(28(3)4)21(22-26(2,35-22)10-17(19)33-23(12)29)34-25(31)27-15-11-36-18-8-6-5-7-13(15)18/h5-9,11-12,16-17,19-22H,10H2,1-4H3,(H,27,31)/t12?,16-,17+,19+,20+,21-,22+,26+/m1/s1. The van der Waals surface area contributed by atoms with E-state index in [0.717, 1.165) is 10.1 Å². The lowest BCUT2D eigenvalue weighted by Gasteiger charge is -2.32. The summed E-state index contributed by atoms with van der Waals surface area (Å²) in [6, 6.07) is 7.19. The molecule has 1 aromatic carbocycles. The van der Waals surface area contributed by atoms with E-state index in [1.165, 1.54) is 11.3 Å². The average Bonchev–Trinajstić information content (AvgIpc) is 3.06. The minimum atomic E-state index is -0.793. The van der Waals surface area contributed by atoms with E-state index >= 15 is 0 Å². The fourth-order valence-electron chi connectivity index (χ4n) is 5.98. The molecule has 2 saturated heterocycles. The second-order valence-corrected chi connectivity index (χ2v) is 11.3. The van der Waals surface area contributed by atoms with E-state index in [2.05, 4.69) is 5.32 Å². The monoisotopic (exact) mass is 512 g/mol. The van der Waals surface area contributed by atoms with Gasteiger partial charge in [-0.1, -0.05) is 25.1 Å². The number of amides is 1. The van der Waals surface area contributed by atoms with Gasteiger partial charge in [0.05, 0.1) is 28.8 Å². The molecule has 10 heteroatoms. The maximum absolute atomic E-state index is 13.2. The molecule has 4 heterocycles. The number of hydrogen-bond donors (Lipinski definition) is 1. The van der Waals surface area contributed by atoms with Gasteiger partial charge in [0, 0.05) is 27.8 Å². The lowest BCUT2D eigenvalue weighted by Crippen LogP contribution is -2.49. The van der Waals surface area contributed by atoms with E-state index in [-0.39, 0.29) is 11.9 Å². The number of ether oxygens (including phenoxy) is 4. The Hall–Kier alpha value is -2.95. The number of carbonyl (C=O) groups excluding carboxylic acids is 3. The molecule has 36 heavy (non-hydrogen) atoms. The van der Waals surface area contributed by atoms with Gasteiger partial charge in [-0.15, -0.1) is 11.3 Å². The molecule has 1 unspecified atom stereocenters. The molecule has 6 rings (SSSR count). The zero-order valence-electron chi connectivity index (χ0n) is 20.4. The van der Waals surface area contributed by atoms with Crippen LogP contribution in [0.4, 0.5) is 10.5 Å². The normalized spacial score (nSPS) is 37.0. The molecule has 3 aliphatic heterocycles. The summed E-state index contributed by atoms with van der Waals surface area (Å²) in [5, 5.41) is 5.66. The van der Waals surface area contributed by atoms with Crippen LogP contribution in [-0.4, -0.2) is 73.1 Å². The first kappa shape index (κ1) is 23.4. The smallest absolute Gasteiger partial charge is 0.412 e. The summed E-state index contributed by atoms with van der Waals surface area (Å²) in [7, 11) is 3.65. The highest BCUT2D eigenvalue weighted by molar-refractivity contribution is 7.17. The van der Waals surface area contributed by atoms with Crippen molar-refractivity contribution >= 4 is 45.1 Å². The number of thiophene rings is 1. The van der Waals surface area contributed by atoms with Gasteiger partial charge >= 0.3 is 18.0 Å². The summed E-state index contributed by atoms with van der Waals surface area (Å²) < 4.78 is 24.7. The van der Waals surface area contributed by atoms with E-state index in [0.29, 0.717) is 17.7 Å². The molecule has 2 aromatic rings. The second-order valence-electron chi connectivity index (χ2n) is 10.4. The third kappa shape index (κ3) is 3.70. The van der Waals surface area contributed by atoms with Crippen molar-refractivity contribution in [3.05, 3.63) is 41.3 Å². The van der Waals surface area contributed by atoms with Gasteiger partial charge in [-0.3, -0.25) is 15.0 Å².